The molecule has 26 heavy (non-hydrogen) atoms. The SMILES string of the molecule is C1=C(C2=CCN(Cc3ccccc3)CC2)CCN(Cc2ccccc2)C1. The molecule has 0 aliphatic carbocycles. The maximum absolute atomic E-state index is 2.55. The van der Waals surface area contributed by atoms with Gasteiger partial charge in [0, 0.05) is 39.3 Å². The van der Waals surface area contributed by atoms with Crippen LogP contribution in [0.4, 0.5) is 0 Å². The second kappa shape index (κ2) is 8.48. The molecule has 0 saturated heterocycles. The zero-order valence-electron chi connectivity index (χ0n) is 15.5. The summed E-state index contributed by atoms with van der Waals surface area (Å²) >= 11 is 0. The van der Waals surface area contributed by atoms with Crippen molar-refractivity contribution in [3.05, 3.63) is 95.1 Å². The topological polar surface area (TPSA) is 6.48 Å². The maximum atomic E-state index is 2.55. The Bertz CT molecular complexity index is 694. The van der Waals surface area contributed by atoms with Gasteiger partial charge in [0.1, 0.15) is 0 Å². The summed E-state index contributed by atoms with van der Waals surface area (Å²) in [5.41, 5.74) is 6.01. The first-order valence-electron chi connectivity index (χ1n) is 9.78. The smallest absolute Gasteiger partial charge is 0.0237 e. The predicted molar refractivity (Wildman–Crippen MR) is 109 cm³/mol. The van der Waals surface area contributed by atoms with Gasteiger partial charge in [-0.3, -0.25) is 9.80 Å². The van der Waals surface area contributed by atoms with Gasteiger partial charge >= 0.3 is 0 Å². The lowest BCUT2D eigenvalue weighted by Gasteiger charge is -2.31. The van der Waals surface area contributed by atoms with E-state index in [1.54, 1.807) is 11.1 Å². The van der Waals surface area contributed by atoms with E-state index in [-0.39, 0.29) is 0 Å². The molecule has 0 amide bonds. The highest BCUT2D eigenvalue weighted by Gasteiger charge is 2.18. The van der Waals surface area contributed by atoms with Crippen LogP contribution in [0.1, 0.15) is 24.0 Å². The molecule has 0 unspecified atom stereocenters. The van der Waals surface area contributed by atoms with E-state index in [1.165, 1.54) is 37.1 Å². The Hall–Kier alpha value is -2.16. The van der Waals surface area contributed by atoms with Crippen molar-refractivity contribution in [2.75, 3.05) is 26.2 Å². The molecule has 0 radical (unpaired) electrons. The molecule has 0 spiro atoms. The third-order valence-corrected chi connectivity index (χ3v) is 5.50. The molecule has 2 aromatic rings. The Morgan fingerprint density at radius 2 is 1.00 bits per heavy atom. The van der Waals surface area contributed by atoms with E-state index in [9.17, 15) is 0 Å². The Labute approximate surface area is 157 Å². The molecule has 0 saturated carbocycles. The van der Waals surface area contributed by atoms with Crippen LogP contribution in [-0.2, 0) is 13.1 Å². The van der Waals surface area contributed by atoms with Crippen LogP contribution in [0.5, 0.6) is 0 Å². The number of hydrogen-bond donors (Lipinski definition) is 0. The van der Waals surface area contributed by atoms with Crippen LogP contribution >= 0.6 is 0 Å². The Kier molecular flexibility index (Phi) is 5.63. The summed E-state index contributed by atoms with van der Waals surface area (Å²) in [6.07, 6.45) is 7.31. The van der Waals surface area contributed by atoms with Gasteiger partial charge in [0.2, 0.25) is 0 Å². The standard InChI is InChI=1S/C24H28N2/c1-3-7-21(8-4-1)19-25-15-11-23(12-16-25)24-13-17-26(18-14-24)20-22-9-5-2-6-10-22/h1-11,13H,12,14-20H2. The molecule has 2 aliphatic heterocycles. The zero-order chi connectivity index (χ0) is 17.6. The quantitative estimate of drug-likeness (QED) is 0.779. The van der Waals surface area contributed by atoms with Crippen molar-refractivity contribution in [1.29, 1.82) is 0 Å². The van der Waals surface area contributed by atoms with E-state index < -0.39 is 0 Å². The summed E-state index contributed by atoms with van der Waals surface area (Å²) in [5, 5.41) is 0. The summed E-state index contributed by atoms with van der Waals surface area (Å²) in [6, 6.07) is 21.6. The molecule has 0 aromatic heterocycles. The molecule has 0 atom stereocenters. The molecule has 2 nitrogen and oxygen atoms in total. The molecule has 2 heterocycles. The predicted octanol–water partition coefficient (Wildman–Crippen LogP) is 4.65. The minimum Gasteiger partial charge on any atom is -0.295 e. The summed E-state index contributed by atoms with van der Waals surface area (Å²) in [5.74, 6) is 0. The van der Waals surface area contributed by atoms with Crippen LogP contribution in [0.15, 0.2) is 84.0 Å². The summed E-state index contributed by atoms with van der Waals surface area (Å²) in [4.78, 5) is 5.09. The van der Waals surface area contributed by atoms with Gasteiger partial charge in [0.15, 0.2) is 0 Å². The van der Waals surface area contributed by atoms with Crippen LogP contribution in [0.2, 0.25) is 0 Å². The molecule has 134 valence electrons. The fourth-order valence-electron chi connectivity index (χ4n) is 3.98. The molecule has 2 heteroatoms. The summed E-state index contributed by atoms with van der Waals surface area (Å²) in [7, 11) is 0. The third-order valence-electron chi connectivity index (χ3n) is 5.50. The van der Waals surface area contributed by atoms with E-state index in [0.717, 1.165) is 26.2 Å². The minimum atomic E-state index is 1.06. The first-order chi connectivity index (χ1) is 12.9. The molecular formula is C24H28N2. The van der Waals surface area contributed by atoms with E-state index >= 15 is 0 Å². The van der Waals surface area contributed by atoms with Gasteiger partial charge < -0.3 is 0 Å². The third kappa shape index (κ3) is 4.51. The van der Waals surface area contributed by atoms with Gasteiger partial charge in [-0.1, -0.05) is 72.8 Å². The van der Waals surface area contributed by atoms with Crippen molar-refractivity contribution in [1.82, 2.24) is 9.80 Å². The van der Waals surface area contributed by atoms with Gasteiger partial charge in [-0.15, -0.1) is 0 Å². The van der Waals surface area contributed by atoms with Crippen molar-refractivity contribution >= 4 is 0 Å². The Morgan fingerprint density at radius 1 is 0.577 bits per heavy atom. The largest absolute Gasteiger partial charge is 0.295 e. The summed E-state index contributed by atoms with van der Waals surface area (Å²) < 4.78 is 0. The first kappa shape index (κ1) is 17.3. The second-order valence-electron chi connectivity index (χ2n) is 7.40. The van der Waals surface area contributed by atoms with E-state index in [1.807, 2.05) is 0 Å². The van der Waals surface area contributed by atoms with Gasteiger partial charge in [-0.2, -0.15) is 0 Å². The van der Waals surface area contributed by atoms with Crippen LogP contribution in [-0.4, -0.2) is 36.0 Å². The van der Waals surface area contributed by atoms with Gasteiger partial charge in [0.25, 0.3) is 0 Å². The van der Waals surface area contributed by atoms with Crippen LogP contribution in [0.25, 0.3) is 0 Å². The molecule has 2 aliphatic rings. The Morgan fingerprint density at radius 3 is 1.35 bits per heavy atom. The first-order valence-corrected chi connectivity index (χ1v) is 9.78. The van der Waals surface area contributed by atoms with Crippen LogP contribution in [0.3, 0.4) is 0 Å². The van der Waals surface area contributed by atoms with Crippen molar-refractivity contribution in [2.24, 2.45) is 0 Å². The lowest BCUT2D eigenvalue weighted by atomic mass is 9.94. The van der Waals surface area contributed by atoms with Crippen LogP contribution in [0, 0.1) is 0 Å². The molecule has 0 fully saturated rings. The van der Waals surface area contributed by atoms with Crippen molar-refractivity contribution < 1.29 is 0 Å². The number of hydrogen-bond acceptors (Lipinski definition) is 2. The number of rotatable bonds is 5. The minimum absolute atomic E-state index is 1.06. The lowest BCUT2D eigenvalue weighted by Crippen LogP contribution is -2.31. The van der Waals surface area contributed by atoms with Crippen molar-refractivity contribution in [3.63, 3.8) is 0 Å². The van der Waals surface area contributed by atoms with Crippen LogP contribution < -0.4 is 0 Å². The highest BCUT2D eigenvalue weighted by molar-refractivity contribution is 5.34. The monoisotopic (exact) mass is 344 g/mol. The Balaban J connectivity index is 1.30. The lowest BCUT2D eigenvalue weighted by molar-refractivity contribution is 0.277. The number of nitrogens with zero attached hydrogens (tertiary/aromatic N) is 2. The van der Waals surface area contributed by atoms with Gasteiger partial charge in [0.05, 0.1) is 0 Å². The van der Waals surface area contributed by atoms with E-state index in [0.29, 0.717) is 0 Å². The fraction of sp³-hybridized carbons (Fsp3) is 0.333. The van der Waals surface area contributed by atoms with E-state index in [2.05, 4.69) is 82.6 Å². The highest BCUT2D eigenvalue weighted by atomic mass is 15.1. The van der Waals surface area contributed by atoms with Crippen molar-refractivity contribution in [2.45, 2.75) is 25.9 Å². The molecular weight excluding hydrogens is 316 g/mol. The number of benzene rings is 2. The van der Waals surface area contributed by atoms with Gasteiger partial charge in [-0.25, -0.2) is 0 Å². The van der Waals surface area contributed by atoms with Crippen molar-refractivity contribution in [3.8, 4) is 0 Å². The molecule has 0 N–H and O–H groups in total. The highest BCUT2D eigenvalue weighted by Crippen LogP contribution is 2.25. The normalized spacial score (nSPS) is 19.1. The molecule has 4 rings (SSSR count). The maximum Gasteiger partial charge on any atom is 0.0237 e. The zero-order valence-corrected chi connectivity index (χ0v) is 15.5. The van der Waals surface area contributed by atoms with Gasteiger partial charge in [-0.05, 0) is 35.1 Å². The average Bonchev–Trinajstić information content (AvgIpc) is 2.71. The second-order valence-corrected chi connectivity index (χ2v) is 7.40. The fourth-order valence-corrected chi connectivity index (χ4v) is 3.98. The molecule has 2 aromatic carbocycles. The average molecular weight is 345 g/mol. The van der Waals surface area contributed by atoms with E-state index in [4.69, 9.17) is 0 Å². The molecule has 0 bridgehead atoms. The summed E-state index contributed by atoms with van der Waals surface area (Å²) in [6.45, 7) is 6.63.